The summed E-state index contributed by atoms with van der Waals surface area (Å²) in [6.07, 6.45) is 0.444. The molecule has 1 atom stereocenters. The minimum absolute atomic E-state index is 0.0579. The number of amides is 2. The highest BCUT2D eigenvalue weighted by Crippen LogP contribution is 2.28. The highest BCUT2D eigenvalue weighted by atomic mass is 32.2. The van der Waals surface area contributed by atoms with Crippen LogP contribution in [0.2, 0.25) is 0 Å². The van der Waals surface area contributed by atoms with E-state index in [1.807, 2.05) is 0 Å². The summed E-state index contributed by atoms with van der Waals surface area (Å²) in [7, 11) is 0. The Morgan fingerprint density at radius 1 is 1.07 bits per heavy atom. The Morgan fingerprint density at radius 3 is 2.36 bits per heavy atom. The number of nitrogens with zero attached hydrogens (tertiary/aromatic N) is 1. The molecule has 0 aromatic heterocycles. The van der Waals surface area contributed by atoms with Crippen molar-refractivity contribution in [1.82, 2.24) is 10.9 Å². The van der Waals surface area contributed by atoms with Gasteiger partial charge in [-0.25, -0.2) is 4.79 Å². The number of hydrazine groups is 1. The summed E-state index contributed by atoms with van der Waals surface area (Å²) >= 11 is 1.17. The van der Waals surface area contributed by atoms with Crippen molar-refractivity contribution >= 4 is 35.2 Å². The molecule has 0 radical (unpaired) electrons. The molecule has 0 bridgehead atoms. The van der Waals surface area contributed by atoms with Crippen molar-refractivity contribution in [3.8, 4) is 0 Å². The minimum atomic E-state index is -1.23. The maximum Gasteiger partial charge on any atom is 0.339 e. The molecule has 2 N–H and O–H groups in total. The van der Waals surface area contributed by atoms with Crippen LogP contribution in [0, 0.1) is 10.1 Å². The molecule has 10 heteroatoms. The number of ether oxygens (including phenoxy) is 1. The van der Waals surface area contributed by atoms with Crippen LogP contribution in [0.1, 0.15) is 27.6 Å². The van der Waals surface area contributed by atoms with Crippen molar-refractivity contribution in [2.24, 2.45) is 0 Å². The zero-order valence-electron chi connectivity index (χ0n) is 15.0. The third kappa shape index (κ3) is 5.30. The van der Waals surface area contributed by atoms with Crippen LogP contribution in [0.5, 0.6) is 0 Å². The second-order valence-electron chi connectivity index (χ2n) is 5.50. The third-order valence-corrected chi connectivity index (χ3v) is 4.38. The van der Waals surface area contributed by atoms with Crippen molar-refractivity contribution in [1.29, 1.82) is 0 Å². The lowest BCUT2D eigenvalue weighted by Crippen LogP contribution is -2.46. The van der Waals surface area contributed by atoms with Gasteiger partial charge in [-0.1, -0.05) is 18.2 Å². The Morgan fingerprint density at radius 2 is 1.75 bits per heavy atom. The van der Waals surface area contributed by atoms with Gasteiger partial charge in [-0.05, 0) is 37.4 Å². The van der Waals surface area contributed by atoms with E-state index < -0.39 is 28.8 Å². The Hall–Kier alpha value is -3.40. The summed E-state index contributed by atoms with van der Waals surface area (Å²) in [4.78, 5) is 46.9. The smallest absolute Gasteiger partial charge is 0.339 e. The van der Waals surface area contributed by atoms with Crippen LogP contribution < -0.4 is 10.9 Å². The maximum atomic E-state index is 12.2. The first-order valence-corrected chi connectivity index (χ1v) is 9.24. The number of benzene rings is 2. The fourth-order valence-corrected chi connectivity index (χ4v) is 2.67. The van der Waals surface area contributed by atoms with Gasteiger partial charge in [-0.3, -0.25) is 30.6 Å². The van der Waals surface area contributed by atoms with E-state index in [0.29, 0.717) is 10.5 Å². The van der Waals surface area contributed by atoms with E-state index in [9.17, 15) is 24.5 Å². The number of esters is 1. The van der Waals surface area contributed by atoms with E-state index in [2.05, 4.69) is 10.9 Å². The van der Waals surface area contributed by atoms with Crippen LogP contribution in [0.25, 0.3) is 0 Å². The van der Waals surface area contributed by atoms with Crippen molar-refractivity contribution in [2.45, 2.75) is 17.9 Å². The molecule has 9 nitrogen and oxygen atoms in total. The second-order valence-corrected chi connectivity index (χ2v) is 6.35. The van der Waals surface area contributed by atoms with E-state index in [1.165, 1.54) is 30.8 Å². The number of hydrogen-bond acceptors (Lipinski definition) is 7. The summed E-state index contributed by atoms with van der Waals surface area (Å²) in [5, 5.41) is 11.1. The number of nitro groups is 1. The summed E-state index contributed by atoms with van der Waals surface area (Å²) in [6, 6.07) is 12.1. The fourth-order valence-electron chi connectivity index (χ4n) is 2.12. The summed E-state index contributed by atoms with van der Waals surface area (Å²) < 4.78 is 5.01. The number of nitrogens with one attached hydrogen (secondary N) is 2. The van der Waals surface area contributed by atoms with Crippen molar-refractivity contribution in [3.05, 3.63) is 69.8 Å². The van der Waals surface area contributed by atoms with Crippen LogP contribution in [-0.4, -0.2) is 35.1 Å². The monoisotopic (exact) mass is 403 g/mol. The number of rotatable bonds is 6. The molecule has 0 spiro atoms. The molecular formula is C18H17N3O6S. The Balaban J connectivity index is 1.96. The number of carbonyl (C=O) groups is 3. The first-order valence-electron chi connectivity index (χ1n) is 8.02. The largest absolute Gasteiger partial charge is 0.449 e. The molecule has 0 aliphatic carbocycles. The Bertz CT molecular complexity index is 903. The predicted octanol–water partition coefficient (Wildman–Crippen LogP) is 2.32. The van der Waals surface area contributed by atoms with E-state index in [0.717, 1.165) is 6.07 Å². The summed E-state index contributed by atoms with van der Waals surface area (Å²) in [5.41, 5.74) is 4.42. The van der Waals surface area contributed by atoms with E-state index in [-0.39, 0.29) is 11.3 Å². The van der Waals surface area contributed by atoms with Gasteiger partial charge in [0.1, 0.15) is 0 Å². The normalized spacial score (nSPS) is 11.2. The molecular weight excluding hydrogens is 386 g/mol. The van der Waals surface area contributed by atoms with Gasteiger partial charge in [-0.15, -0.1) is 11.8 Å². The first kappa shape index (κ1) is 20.9. The molecule has 2 rings (SSSR count). The highest BCUT2D eigenvalue weighted by Gasteiger charge is 2.22. The van der Waals surface area contributed by atoms with E-state index in [1.54, 1.807) is 36.6 Å². The molecule has 0 aliphatic rings. The molecule has 0 fully saturated rings. The molecule has 0 saturated carbocycles. The highest BCUT2D eigenvalue weighted by molar-refractivity contribution is 7.98. The van der Waals surface area contributed by atoms with Crippen molar-refractivity contribution in [3.63, 3.8) is 0 Å². The van der Waals surface area contributed by atoms with Crippen molar-refractivity contribution in [2.75, 3.05) is 6.26 Å². The molecule has 146 valence electrons. The number of hydrogen-bond donors (Lipinski definition) is 2. The predicted molar refractivity (Wildman–Crippen MR) is 102 cm³/mol. The van der Waals surface area contributed by atoms with Gasteiger partial charge < -0.3 is 4.74 Å². The van der Waals surface area contributed by atoms with Crippen molar-refractivity contribution < 1.29 is 24.0 Å². The molecule has 2 amide bonds. The standard InChI is InChI=1S/C18H17N3O6S/c1-11(16(22)19-20-17(23)12-6-4-3-5-7-12)27-18(24)13-8-9-15(28-2)14(10-13)21(25)26/h3-11H,1-2H3,(H,19,22)(H,20,23)/t11-/m0/s1. The Kier molecular flexibility index (Phi) is 7.10. The number of nitro benzene ring substituents is 1. The molecule has 0 saturated heterocycles. The van der Waals surface area contributed by atoms with Crippen LogP contribution in [-0.2, 0) is 9.53 Å². The fraction of sp³-hybridized carbons (Fsp3) is 0.167. The SMILES string of the molecule is CSc1ccc(C(=O)O[C@@H](C)C(=O)NNC(=O)c2ccccc2)cc1[N+](=O)[O-]. The first-order chi connectivity index (χ1) is 13.3. The average molecular weight is 403 g/mol. The maximum absolute atomic E-state index is 12.2. The lowest BCUT2D eigenvalue weighted by atomic mass is 10.2. The molecule has 2 aromatic rings. The van der Waals surface area contributed by atoms with Crippen LogP contribution in [0.4, 0.5) is 5.69 Å². The quantitative estimate of drug-likeness (QED) is 0.328. The van der Waals surface area contributed by atoms with Crippen LogP contribution in [0.3, 0.4) is 0 Å². The van der Waals surface area contributed by atoms with Gasteiger partial charge in [-0.2, -0.15) is 0 Å². The zero-order valence-corrected chi connectivity index (χ0v) is 15.8. The minimum Gasteiger partial charge on any atom is -0.449 e. The zero-order chi connectivity index (χ0) is 20.7. The second kappa shape index (κ2) is 9.51. The van der Waals surface area contributed by atoms with E-state index >= 15 is 0 Å². The molecule has 0 aliphatic heterocycles. The van der Waals surface area contributed by atoms with Gasteiger partial charge in [0, 0.05) is 11.6 Å². The third-order valence-electron chi connectivity index (χ3n) is 3.60. The van der Waals surface area contributed by atoms with Gasteiger partial charge in [0.15, 0.2) is 6.10 Å². The average Bonchev–Trinajstić information content (AvgIpc) is 2.71. The van der Waals surface area contributed by atoms with Gasteiger partial charge >= 0.3 is 5.97 Å². The number of carbonyl (C=O) groups excluding carboxylic acids is 3. The topological polar surface area (TPSA) is 128 Å². The van der Waals surface area contributed by atoms with Gasteiger partial charge in [0.2, 0.25) is 0 Å². The molecule has 2 aromatic carbocycles. The Labute approximate surface area is 164 Å². The summed E-state index contributed by atoms with van der Waals surface area (Å²) in [6.45, 7) is 1.31. The molecule has 28 heavy (non-hydrogen) atoms. The van der Waals surface area contributed by atoms with E-state index in [4.69, 9.17) is 4.74 Å². The molecule has 0 heterocycles. The van der Waals surface area contributed by atoms with Gasteiger partial charge in [0.05, 0.1) is 15.4 Å². The van der Waals surface area contributed by atoms with Crippen LogP contribution >= 0.6 is 11.8 Å². The lowest BCUT2D eigenvalue weighted by molar-refractivity contribution is -0.387. The number of thioether (sulfide) groups is 1. The summed E-state index contributed by atoms with van der Waals surface area (Å²) in [5.74, 6) is -2.18. The lowest BCUT2D eigenvalue weighted by Gasteiger charge is -2.14. The van der Waals surface area contributed by atoms with Gasteiger partial charge in [0.25, 0.3) is 17.5 Å². The molecule has 0 unspecified atom stereocenters. The van der Waals surface area contributed by atoms with Crippen LogP contribution in [0.15, 0.2) is 53.4 Å².